The number of ether oxygens (including phenoxy) is 1. The highest BCUT2D eigenvalue weighted by atomic mass is 32.1. The standard InChI is InChI=1S/C19H21N3O2S/c1-13-9-21(10-14(2)24-13)11-16-8-18(23)22-17(12-25-19(22)20-16)15-6-4-3-5-7-15/h3-8,12-14H,9-11H2,1-2H3/p+1/t13-,14+. The lowest BCUT2D eigenvalue weighted by molar-refractivity contribution is -0.928. The van der Waals surface area contributed by atoms with Crippen molar-refractivity contribution in [2.45, 2.75) is 32.6 Å². The minimum absolute atomic E-state index is 0.00569. The van der Waals surface area contributed by atoms with Crippen LogP contribution in [0.4, 0.5) is 0 Å². The Labute approximate surface area is 150 Å². The molecule has 1 aromatic carbocycles. The maximum absolute atomic E-state index is 12.7. The lowest BCUT2D eigenvalue weighted by atomic mass is 10.2. The van der Waals surface area contributed by atoms with Crippen LogP contribution in [-0.4, -0.2) is 34.7 Å². The van der Waals surface area contributed by atoms with Gasteiger partial charge in [-0.1, -0.05) is 30.3 Å². The SMILES string of the molecule is C[C@@H]1C[NH+](Cc2cc(=O)n3c(-c4ccccc4)csc3n2)C[C@H](C)O1. The second-order valence-electron chi connectivity index (χ2n) is 6.78. The number of aromatic nitrogens is 2. The van der Waals surface area contributed by atoms with E-state index in [2.05, 4.69) is 13.8 Å². The number of fused-ring (bicyclic) bond motifs is 1. The number of nitrogens with one attached hydrogen (secondary N) is 1. The van der Waals surface area contributed by atoms with E-state index in [1.807, 2.05) is 35.7 Å². The van der Waals surface area contributed by atoms with E-state index >= 15 is 0 Å². The van der Waals surface area contributed by atoms with E-state index in [1.165, 1.54) is 16.2 Å². The van der Waals surface area contributed by atoms with Crippen molar-refractivity contribution in [1.82, 2.24) is 9.38 Å². The molecule has 5 nitrogen and oxygen atoms in total. The first-order valence-corrected chi connectivity index (χ1v) is 9.53. The molecule has 3 heterocycles. The van der Waals surface area contributed by atoms with E-state index in [0.717, 1.165) is 41.5 Å². The van der Waals surface area contributed by atoms with Gasteiger partial charge in [-0.15, -0.1) is 11.3 Å². The van der Waals surface area contributed by atoms with Crippen LogP contribution in [0.1, 0.15) is 19.5 Å². The predicted molar refractivity (Wildman–Crippen MR) is 99.2 cm³/mol. The minimum Gasteiger partial charge on any atom is -0.364 e. The summed E-state index contributed by atoms with van der Waals surface area (Å²) in [5.41, 5.74) is 2.80. The molecule has 4 rings (SSSR count). The zero-order chi connectivity index (χ0) is 17.4. The zero-order valence-corrected chi connectivity index (χ0v) is 15.3. The highest BCUT2D eigenvalue weighted by molar-refractivity contribution is 7.15. The highest BCUT2D eigenvalue weighted by Gasteiger charge is 2.26. The van der Waals surface area contributed by atoms with Gasteiger partial charge in [-0.2, -0.15) is 0 Å². The van der Waals surface area contributed by atoms with E-state index in [4.69, 9.17) is 9.72 Å². The van der Waals surface area contributed by atoms with Crippen molar-refractivity contribution in [2.75, 3.05) is 13.1 Å². The average molecular weight is 356 g/mol. The zero-order valence-electron chi connectivity index (χ0n) is 14.4. The van der Waals surface area contributed by atoms with Gasteiger partial charge in [0, 0.05) is 11.4 Å². The smallest absolute Gasteiger partial charge is 0.259 e. The molecular formula is C19H22N3O2S+. The van der Waals surface area contributed by atoms with Gasteiger partial charge in [-0.3, -0.25) is 9.20 Å². The second-order valence-corrected chi connectivity index (χ2v) is 7.62. The average Bonchev–Trinajstić information content (AvgIpc) is 2.99. The summed E-state index contributed by atoms with van der Waals surface area (Å²) < 4.78 is 7.51. The van der Waals surface area contributed by atoms with Crippen molar-refractivity contribution in [2.24, 2.45) is 0 Å². The lowest BCUT2D eigenvalue weighted by Crippen LogP contribution is -3.14. The van der Waals surface area contributed by atoms with E-state index in [9.17, 15) is 4.79 Å². The Kier molecular flexibility index (Phi) is 4.41. The fourth-order valence-corrected chi connectivity index (χ4v) is 4.58. The molecule has 0 aliphatic carbocycles. The number of nitrogens with zero attached hydrogens (tertiary/aromatic N) is 2. The molecule has 1 aliphatic heterocycles. The van der Waals surface area contributed by atoms with Crippen molar-refractivity contribution in [3.05, 3.63) is 57.8 Å². The molecule has 1 fully saturated rings. The van der Waals surface area contributed by atoms with E-state index in [1.54, 1.807) is 10.5 Å². The molecule has 0 bridgehead atoms. The molecule has 2 aromatic heterocycles. The lowest BCUT2D eigenvalue weighted by Gasteiger charge is -2.32. The van der Waals surface area contributed by atoms with Crippen LogP contribution in [0.15, 0.2) is 46.6 Å². The van der Waals surface area contributed by atoms with Crippen LogP contribution in [0.25, 0.3) is 16.2 Å². The Bertz CT molecular complexity index is 925. The third kappa shape index (κ3) is 3.38. The summed E-state index contributed by atoms with van der Waals surface area (Å²) in [7, 11) is 0. The van der Waals surface area contributed by atoms with E-state index in [-0.39, 0.29) is 17.8 Å². The Morgan fingerprint density at radius 3 is 2.68 bits per heavy atom. The molecule has 0 amide bonds. The van der Waals surface area contributed by atoms with Gasteiger partial charge in [-0.05, 0) is 19.4 Å². The molecule has 3 aromatic rings. The number of hydrogen-bond donors (Lipinski definition) is 1. The molecule has 0 spiro atoms. The fourth-order valence-electron chi connectivity index (χ4n) is 3.65. The molecule has 0 radical (unpaired) electrons. The number of morpholine rings is 1. The summed E-state index contributed by atoms with van der Waals surface area (Å²) in [6, 6.07) is 11.7. The molecule has 3 atom stereocenters. The Hall–Kier alpha value is -2.02. The van der Waals surface area contributed by atoms with Gasteiger partial charge in [0.1, 0.15) is 37.5 Å². The molecule has 25 heavy (non-hydrogen) atoms. The summed E-state index contributed by atoms with van der Waals surface area (Å²) in [4.78, 5) is 19.6. The maximum atomic E-state index is 12.7. The molecule has 1 unspecified atom stereocenters. The number of quaternary nitrogens is 1. The molecular weight excluding hydrogens is 334 g/mol. The third-order valence-corrected chi connectivity index (χ3v) is 5.40. The minimum atomic E-state index is -0.00569. The van der Waals surface area contributed by atoms with Crippen LogP contribution in [0.2, 0.25) is 0 Å². The van der Waals surface area contributed by atoms with Crippen LogP contribution in [0.5, 0.6) is 0 Å². The van der Waals surface area contributed by atoms with Gasteiger partial charge in [0.05, 0.1) is 5.69 Å². The van der Waals surface area contributed by atoms with Gasteiger partial charge in [-0.25, -0.2) is 4.98 Å². The largest absolute Gasteiger partial charge is 0.364 e. The van der Waals surface area contributed by atoms with Crippen molar-refractivity contribution < 1.29 is 9.64 Å². The van der Waals surface area contributed by atoms with Crippen molar-refractivity contribution in [3.8, 4) is 11.3 Å². The van der Waals surface area contributed by atoms with Crippen molar-refractivity contribution in [3.63, 3.8) is 0 Å². The fraction of sp³-hybridized carbons (Fsp3) is 0.368. The van der Waals surface area contributed by atoms with Crippen LogP contribution in [0.3, 0.4) is 0 Å². The Morgan fingerprint density at radius 1 is 1.24 bits per heavy atom. The van der Waals surface area contributed by atoms with Crippen LogP contribution in [0, 0.1) is 0 Å². The Balaban J connectivity index is 1.66. The van der Waals surface area contributed by atoms with Crippen LogP contribution >= 0.6 is 11.3 Å². The molecule has 130 valence electrons. The summed E-state index contributed by atoms with van der Waals surface area (Å²) in [6.45, 7) is 6.87. The predicted octanol–water partition coefficient (Wildman–Crippen LogP) is 1.62. The summed E-state index contributed by atoms with van der Waals surface area (Å²) in [5.74, 6) is 0. The van der Waals surface area contributed by atoms with Gasteiger partial charge in [0.2, 0.25) is 0 Å². The van der Waals surface area contributed by atoms with Crippen molar-refractivity contribution >= 4 is 16.3 Å². The summed E-state index contributed by atoms with van der Waals surface area (Å²) in [5, 5.41) is 2.01. The van der Waals surface area contributed by atoms with E-state index < -0.39 is 0 Å². The van der Waals surface area contributed by atoms with Gasteiger partial charge in [0.15, 0.2) is 4.96 Å². The number of benzene rings is 1. The topological polar surface area (TPSA) is 48.0 Å². The molecule has 1 N–H and O–H groups in total. The maximum Gasteiger partial charge on any atom is 0.259 e. The van der Waals surface area contributed by atoms with Crippen molar-refractivity contribution in [1.29, 1.82) is 0 Å². The number of thiazole rings is 1. The Morgan fingerprint density at radius 2 is 1.96 bits per heavy atom. The second kappa shape index (κ2) is 6.71. The summed E-state index contributed by atoms with van der Waals surface area (Å²) in [6.07, 6.45) is 0.491. The van der Waals surface area contributed by atoms with Gasteiger partial charge in [0.25, 0.3) is 5.56 Å². The van der Waals surface area contributed by atoms with Gasteiger partial charge < -0.3 is 9.64 Å². The molecule has 1 saturated heterocycles. The summed E-state index contributed by atoms with van der Waals surface area (Å²) >= 11 is 1.52. The highest BCUT2D eigenvalue weighted by Crippen LogP contribution is 2.23. The first kappa shape index (κ1) is 16.4. The van der Waals surface area contributed by atoms with Gasteiger partial charge >= 0.3 is 0 Å². The number of rotatable bonds is 3. The first-order valence-electron chi connectivity index (χ1n) is 8.65. The molecule has 6 heteroatoms. The first-order chi connectivity index (χ1) is 12.1. The molecule has 0 saturated carbocycles. The monoisotopic (exact) mass is 356 g/mol. The quantitative estimate of drug-likeness (QED) is 0.776. The third-order valence-electron chi connectivity index (χ3n) is 4.58. The van der Waals surface area contributed by atoms with E-state index in [0.29, 0.717) is 0 Å². The van der Waals surface area contributed by atoms with Crippen LogP contribution in [-0.2, 0) is 11.3 Å². The normalized spacial score (nSPS) is 23.8. The number of hydrogen-bond acceptors (Lipinski definition) is 4. The molecule has 1 aliphatic rings. The van der Waals surface area contributed by atoms with Crippen LogP contribution < -0.4 is 10.5 Å².